The van der Waals surface area contributed by atoms with E-state index in [0.717, 1.165) is 30.4 Å². The van der Waals surface area contributed by atoms with Gasteiger partial charge in [0.15, 0.2) is 0 Å². The molecule has 0 saturated carbocycles. The van der Waals surface area contributed by atoms with Crippen LogP contribution in [0.1, 0.15) is 12.5 Å². The largest absolute Gasteiger partial charge is 0.599 e. The fourth-order valence-corrected chi connectivity index (χ4v) is 2.12. The molecule has 1 aromatic carbocycles. The topological polar surface area (TPSA) is 103 Å². The zero-order valence-electron chi connectivity index (χ0n) is 13.6. The number of hydrogen-bond donors (Lipinski definition) is 1. The molecule has 0 aromatic heterocycles. The summed E-state index contributed by atoms with van der Waals surface area (Å²) >= 11 is 0. The summed E-state index contributed by atoms with van der Waals surface area (Å²) in [5.41, 5.74) is -1.34. The molecule has 2 rings (SSSR count). The number of carbonyl (C=O) groups is 1. The third-order valence-electron chi connectivity index (χ3n) is 3.10. The molecule has 1 heterocycles. The zero-order valence-corrected chi connectivity index (χ0v) is 13.6. The Labute approximate surface area is 151 Å². The Balaban J connectivity index is 2.36. The molecular weight excluding hydrogens is 406 g/mol. The van der Waals surface area contributed by atoms with Gasteiger partial charge in [-0.2, -0.15) is 13.2 Å². The minimum atomic E-state index is -5.05. The second-order valence-electron chi connectivity index (χ2n) is 5.15. The summed E-state index contributed by atoms with van der Waals surface area (Å²) < 4.78 is 89.6. The van der Waals surface area contributed by atoms with E-state index >= 15 is 0 Å². The molecule has 0 saturated heterocycles. The van der Waals surface area contributed by atoms with Crippen molar-refractivity contribution in [3.05, 3.63) is 34.5 Å². The molecular formula is C14H10F6N2O6. The molecule has 0 fully saturated rings. The highest BCUT2D eigenvalue weighted by Crippen LogP contribution is 2.39. The van der Waals surface area contributed by atoms with Crippen LogP contribution in [0.15, 0.2) is 29.0 Å². The number of nitrogens with one attached hydrogen (secondary N) is 1. The molecule has 0 amide bonds. The molecule has 1 aliphatic heterocycles. The SMILES string of the molecule is CC(O/N=[NH+]\[O-])OC(=O)C1=Cc2cc(OC(F)(F)F)ccc2O[C@@H]1C(F)(F)F. The molecule has 0 spiro atoms. The van der Waals surface area contributed by atoms with Crippen molar-refractivity contribution < 1.29 is 55.5 Å². The van der Waals surface area contributed by atoms with Crippen LogP contribution in [0.5, 0.6) is 11.5 Å². The Hall–Kier alpha value is -3.19. The average molecular weight is 416 g/mol. The van der Waals surface area contributed by atoms with Gasteiger partial charge in [-0.05, 0) is 24.3 Å². The minimum Gasteiger partial charge on any atom is -0.599 e. The average Bonchev–Trinajstić information content (AvgIpc) is 2.56. The van der Waals surface area contributed by atoms with Crippen molar-refractivity contribution in [2.75, 3.05) is 0 Å². The van der Waals surface area contributed by atoms with Gasteiger partial charge in [0, 0.05) is 12.5 Å². The fourth-order valence-electron chi connectivity index (χ4n) is 2.12. The lowest BCUT2D eigenvalue weighted by molar-refractivity contribution is -0.503. The summed E-state index contributed by atoms with van der Waals surface area (Å²) in [6, 6.07) is 2.32. The number of carbonyl (C=O) groups excluding carboxylic acids is 1. The number of esters is 1. The monoisotopic (exact) mass is 416 g/mol. The van der Waals surface area contributed by atoms with Gasteiger partial charge in [0.05, 0.1) is 5.57 Å². The lowest BCUT2D eigenvalue weighted by Gasteiger charge is -2.28. The summed E-state index contributed by atoms with van der Waals surface area (Å²) in [6.07, 6.45) is -13.7. The van der Waals surface area contributed by atoms with Crippen LogP contribution < -0.4 is 14.8 Å². The van der Waals surface area contributed by atoms with Crippen molar-refractivity contribution >= 4 is 12.0 Å². The summed E-state index contributed by atoms with van der Waals surface area (Å²) in [4.78, 5) is 16.3. The van der Waals surface area contributed by atoms with E-state index in [1.54, 1.807) is 0 Å². The van der Waals surface area contributed by atoms with Gasteiger partial charge in [0.2, 0.25) is 11.4 Å². The normalized spacial score (nSPS) is 18.0. The maximum atomic E-state index is 13.2. The van der Waals surface area contributed by atoms with Crippen molar-refractivity contribution in [3.8, 4) is 11.5 Å². The third-order valence-corrected chi connectivity index (χ3v) is 3.10. The van der Waals surface area contributed by atoms with Crippen LogP contribution >= 0.6 is 0 Å². The number of fused-ring (bicyclic) bond motifs is 1. The zero-order chi connectivity index (χ0) is 21.1. The van der Waals surface area contributed by atoms with Gasteiger partial charge >= 0.3 is 18.5 Å². The predicted molar refractivity (Wildman–Crippen MR) is 75.0 cm³/mol. The van der Waals surface area contributed by atoms with E-state index in [-0.39, 0.29) is 5.56 Å². The molecule has 0 radical (unpaired) electrons. The van der Waals surface area contributed by atoms with Crippen LogP contribution in [-0.2, 0) is 14.4 Å². The number of nitrogens with zero attached hydrogens (tertiary/aromatic N) is 1. The van der Waals surface area contributed by atoms with Crippen LogP contribution in [0.4, 0.5) is 26.3 Å². The Bertz CT molecular complexity index is 792. The fraction of sp³-hybridized carbons (Fsp3) is 0.357. The first-order chi connectivity index (χ1) is 12.9. The summed E-state index contributed by atoms with van der Waals surface area (Å²) in [5, 5.41) is 13.5. The van der Waals surface area contributed by atoms with Crippen LogP contribution in [0.2, 0.25) is 0 Å². The predicted octanol–water partition coefficient (Wildman–Crippen LogP) is 2.14. The minimum absolute atomic E-state index is 0.284. The molecule has 28 heavy (non-hydrogen) atoms. The molecule has 1 N–H and O–H groups in total. The molecule has 1 unspecified atom stereocenters. The first-order valence-corrected chi connectivity index (χ1v) is 7.19. The van der Waals surface area contributed by atoms with Gasteiger partial charge < -0.3 is 24.3 Å². The van der Waals surface area contributed by atoms with Gasteiger partial charge in [-0.25, -0.2) is 4.79 Å². The standard InChI is InChI=1S/C14H10F6N2O6/c1-6(28-22-21-24)25-12(23)9-5-7-4-8(27-14(18,19)20)2-3-10(7)26-11(9)13(15,16)17/h2-6,11,21H,1H3/t6?,11-/m0/s1. The van der Waals surface area contributed by atoms with Gasteiger partial charge in [-0.3, -0.25) is 0 Å². The quantitative estimate of drug-likeness (QED) is 0.259. The Morgan fingerprint density at radius 1 is 1.29 bits per heavy atom. The van der Waals surface area contributed by atoms with Crippen molar-refractivity contribution in [1.29, 1.82) is 0 Å². The maximum absolute atomic E-state index is 13.2. The highest BCUT2D eigenvalue weighted by molar-refractivity contribution is 5.96. The van der Waals surface area contributed by atoms with Crippen LogP contribution in [-0.4, -0.2) is 30.9 Å². The van der Waals surface area contributed by atoms with Gasteiger partial charge in [-0.15, -0.1) is 13.2 Å². The van der Waals surface area contributed by atoms with E-state index in [0.29, 0.717) is 6.08 Å². The molecule has 1 aliphatic rings. The molecule has 1 aromatic rings. The molecule has 154 valence electrons. The number of ether oxygens (including phenoxy) is 3. The number of alkyl halides is 6. The first kappa shape index (κ1) is 21.1. The Morgan fingerprint density at radius 3 is 2.54 bits per heavy atom. The van der Waals surface area contributed by atoms with E-state index in [1.165, 1.54) is 0 Å². The molecule has 14 heteroatoms. The van der Waals surface area contributed by atoms with Gasteiger partial charge in [0.25, 0.3) is 6.29 Å². The van der Waals surface area contributed by atoms with E-state index in [4.69, 9.17) is 4.74 Å². The van der Waals surface area contributed by atoms with Crippen LogP contribution in [0.3, 0.4) is 0 Å². The van der Waals surface area contributed by atoms with Crippen LogP contribution in [0.25, 0.3) is 6.08 Å². The van der Waals surface area contributed by atoms with E-state index in [2.05, 4.69) is 19.6 Å². The maximum Gasteiger partial charge on any atom is 0.573 e. The number of benzene rings is 1. The van der Waals surface area contributed by atoms with E-state index in [9.17, 15) is 36.3 Å². The van der Waals surface area contributed by atoms with Gasteiger partial charge in [0.1, 0.15) is 11.5 Å². The van der Waals surface area contributed by atoms with Crippen molar-refractivity contribution in [2.24, 2.45) is 5.28 Å². The van der Waals surface area contributed by atoms with Gasteiger partial charge in [-0.1, -0.05) is 5.28 Å². The highest BCUT2D eigenvalue weighted by atomic mass is 19.4. The molecule has 0 bridgehead atoms. The smallest absolute Gasteiger partial charge is 0.573 e. The van der Waals surface area contributed by atoms with Crippen molar-refractivity contribution in [2.45, 2.75) is 31.9 Å². The number of halogens is 6. The van der Waals surface area contributed by atoms with Crippen LogP contribution in [0, 0.1) is 5.21 Å². The first-order valence-electron chi connectivity index (χ1n) is 7.19. The number of hydrogen-bond acceptors (Lipinski definition) is 7. The summed E-state index contributed by atoms with van der Waals surface area (Å²) in [6.45, 7) is 1.05. The number of rotatable bonds is 5. The highest BCUT2D eigenvalue weighted by Gasteiger charge is 2.49. The lowest BCUT2D eigenvalue weighted by atomic mass is 10.0. The second-order valence-corrected chi connectivity index (χ2v) is 5.15. The lowest BCUT2D eigenvalue weighted by Crippen LogP contribution is -2.56. The van der Waals surface area contributed by atoms with Crippen molar-refractivity contribution in [3.63, 3.8) is 0 Å². The van der Waals surface area contributed by atoms with E-state index < -0.39 is 48.0 Å². The molecule has 0 aliphatic carbocycles. The van der Waals surface area contributed by atoms with Crippen molar-refractivity contribution in [1.82, 2.24) is 0 Å². The summed E-state index contributed by atoms with van der Waals surface area (Å²) in [5.74, 6) is -2.71. The Kier molecular flexibility index (Phi) is 5.89. The van der Waals surface area contributed by atoms with E-state index in [1.807, 2.05) is 0 Å². The molecule has 2 atom stereocenters. The second kappa shape index (κ2) is 7.82. The Morgan fingerprint density at radius 2 is 1.96 bits per heavy atom. The third kappa shape index (κ3) is 5.40. The summed E-state index contributed by atoms with van der Waals surface area (Å²) in [7, 11) is 0. The molecule has 8 nitrogen and oxygen atoms in total.